The third-order valence-corrected chi connectivity index (χ3v) is 4.83. The summed E-state index contributed by atoms with van der Waals surface area (Å²) in [7, 11) is 1.58. The minimum Gasteiger partial charge on any atom is -0.496 e. The van der Waals surface area contributed by atoms with Crippen LogP contribution < -0.4 is 4.74 Å². The summed E-state index contributed by atoms with van der Waals surface area (Å²) in [6, 6.07) is 11.4. The Morgan fingerprint density at radius 1 is 0.963 bits per heavy atom. The van der Waals surface area contributed by atoms with E-state index < -0.39 is 5.82 Å². The van der Waals surface area contributed by atoms with E-state index in [1.54, 1.807) is 41.2 Å². The Bertz CT molecular complexity index is 853. The van der Waals surface area contributed by atoms with Gasteiger partial charge in [0.1, 0.15) is 11.6 Å². The van der Waals surface area contributed by atoms with Crippen molar-refractivity contribution in [2.45, 2.75) is 13.3 Å². The van der Waals surface area contributed by atoms with Crippen molar-refractivity contribution in [1.29, 1.82) is 0 Å². The standard InChI is InChI=1S/C21H23FN2O3/c1-15-8-9-16(14-19(15)27-2)20(25)23-10-5-11-24(13-12-23)21(26)17-6-3-4-7-18(17)22/h3-4,6-9,14H,5,10-13H2,1-2H3. The summed E-state index contributed by atoms with van der Waals surface area (Å²) in [5, 5.41) is 0. The average molecular weight is 370 g/mol. The van der Waals surface area contributed by atoms with Gasteiger partial charge in [0, 0.05) is 31.7 Å². The van der Waals surface area contributed by atoms with E-state index in [1.807, 2.05) is 13.0 Å². The lowest BCUT2D eigenvalue weighted by Gasteiger charge is -2.22. The molecule has 0 spiro atoms. The highest BCUT2D eigenvalue weighted by Crippen LogP contribution is 2.21. The smallest absolute Gasteiger partial charge is 0.256 e. The van der Waals surface area contributed by atoms with Crippen LogP contribution in [0.5, 0.6) is 5.75 Å². The van der Waals surface area contributed by atoms with E-state index in [9.17, 15) is 14.0 Å². The SMILES string of the molecule is COc1cc(C(=O)N2CCCN(C(=O)c3ccccc3F)CC2)ccc1C. The molecular formula is C21H23FN2O3. The van der Waals surface area contributed by atoms with Gasteiger partial charge in [-0.25, -0.2) is 4.39 Å². The lowest BCUT2D eigenvalue weighted by Crippen LogP contribution is -2.37. The molecule has 1 aliphatic heterocycles. The van der Waals surface area contributed by atoms with Gasteiger partial charge in [-0.2, -0.15) is 0 Å². The number of halogens is 1. The summed E-state index contributed by atoms with van der Waals surface area (Å²) >= 11 is 0. The summed E-state index contributed by atoms with van der Waals surface area (Å²) in [5.41, 5.74) is 1.60. The highest BCUT2D eigenvalue weighted by molar-refractivity contribution is 5.96. The van der Waals surface area contributed by atoms with Gasteiger partial charge in [0.2, 0.25) is 0 Å². The number of hydrogen-bond acceptors (Lipinski definition) is 3. The molecule has 0 aliphatic carbocycles. The van der Waals surface area contributed by atoms with Gasteiger partial charge in [-0.15, -0.1) is 0 Å². The zero-order valence-electron chi connectivity index (χ0n) is 15.6. The first kappa shape index (κ1) is 18.9. The van der Waals surface area contributed by atoms with E-state index in [4.69, 9.17) is 4.74 Å². The predicted octanol–water partition coefficient (Wildman–Crippen LogP) is 3.13. The monoisotopic (exact) mass is 370 g/mol. The van der Waals surface area contributed by atoms with Crippen LogP contribution in [0.3, 0.4) is 0 Å². The molecule has 0 N–H and O–H groups in total. The van der Waals surface area contributed by atoms with Gasteiger partial charge < -0.3 is 14.5 Å². The second kappa shape index (κ2) is 8.20. The van der Waals surface area contributed by atoms with E-state index >= 15 is 0 Å². The van der Waals surface area contributed by atoms with Gasteiger partial charge in [-0.05, 0) is 43.2 Å². The Morgan fingerprint density at radius 2 is 1.63 bits per heavy atom. The fraction of sp³-hybridized carbons (Fsp3) is 0.333. The van der Waals surface area contributed by atoms with Gasteiger partial charge in [0.05, 0.1) is 12.7 Å². The van der Waals surface area contributed by atoms with Crippen molar-refractivity contribution in [2.75, 3.05) is 33.3 Å². The first-order valence-corrected chi connectivity index (χ1v) is 8.99. The number of nitrogens with zero attached hydrogens (tertiary/aromatic N) is 2. The molecule has 142 valence electrons. The van der Waals surface area contributed by atoms with Gasteiger partial charge in [-0.3, -0.25) is 9.59 Å². The number of hydrogen-bond donors (Lipinski definition) is 0. The lowest BCUT2D eigenvalue weighted by atomic mass is 10.1. The zero-order valence-corrected chi connectivity index (χ0v) is 15.6. The molecular weight excluding hydrogens is 347 g/mol. The van der Waals surface area contributed by atoms with Crippen LogP contribution >= 0.6 is 0 Å². The summed E-state index contributed by atoms with van der Waals surface area (Å²) in [5.74, 6) is -0.272. The molecule has 0 radical (unpaired) electrons. The molecule has 6 heteroatoms. The zero-order chi connectivity index (χ0) is 19.4. The molecule has 1 aliphatic rings. The van der Waals surface area contributed by atoms with E-state index in [0.29, 0.717) is 43.9 Å². The minimum absolute atomic E-state index is 0.0700. The number of aryl methyl sites for hydroxylation is 1. The summed E-state index contributed by atoms with van der Waals surface area (Å²) in [6.07, 6.45) is 0.648. The van der Waals surface area contributed by atoms with Crippen molar-refractivity contribution < 1.29 is 18.7 Å². The third kappa shape index (κ3) is 4.10. The second-order valence-electron chi connectivity index (χ2n) is 6.60. The molecule has 0 atom stereocenters. The Morgan fingerprint density at radius 3 is 2.30 bits per heavy atom. The normalized spacial score (nSPS) is 14.6. The van der Waals surface area contributed by atoms with Crippen LogP contribution in [-0.4, -0.2) is 54.9 Å². The Kier molecular flexibility index (Phi) is 5.74. The average Bonchev–Trinajstić information content (AvgIpc) is 2.94. The molecule has 1 heterocycles. The minimum atomic E-state index is -0.522. The van der Waals surface area contributed by atoms with Gasteiger partial charge in [-0.1, -0.05) is 18.2 Å². The number of carbonyl (C=O) groups excluding carboxylic acids is 2. The molecule has 5 nitrogen and oxygen atoms in total. The Balaban J connectivity index is 1.70. The molecule has 27 heavy (non-hydrogen) atoms. The largest absolute Gasteiger partial charge is 0.496 e. The molecule has 0 unspecified atom stereocenters. The molecule has 0 bridgehead atoms. The van der Waals surface area contributed by atoms with Crippen LogP contribution in [-0.2, 0) is 0 Å². The van der Waals surface area contributed by atoms with Crippen LogP contribution in [0.4, 0.5) is 4.39 Å². The Labute approximate surface area is 158 Å². The third-order valence-electron chi connectivity index (χ3n) is 4.83. The van der Waals surface area contributed by atoms with Crippen molar-refractivity contribution in [3.63, 3.8) is 0 Å². The number of benzene rings is 2. The van der Waals surface area contributed by atoms with Crippen LogP contribution in [0, 0.1) is 12.7 Å². The lowest BCUT2D eigenvalue weighted by molar-refractivity contribution is 0.0716. The molecule has 2 amide bonds. The van der Waals surface area contributed by atoms with Crippen molar-refractivity contribution in [3.05, 3.63) is 65.0 Å². The number of ether oxygens (including phenoxy) is 1. The van der Waals surface area contributed by atoms with E-state index in [-0.39, 0.29) is 17.4 Å². The topological polar surface area (TPSA) is 49.9 Å². The van der Waals surface area contributed by atoms with Gasteiger partial charge in [0.25, 0.3) is 11.8 Å². The highest BCUT2D eigenvalue weighted by atomic mass is 19.1. The summed E-state index contributed by atoms with van der Waals surface area (Å²) < 4.78 is 19.2. The number of rotatable bonds is 3. The summed E-state index contributed by atoms with van der Waals surface area (Å²) in [4.78, 5) is 28.8. The van der Waals surface area contributed by atoms with Crippen LogP contribution in [0.25, 0.3) is 0 Å². The van der Waals surface area contributed by atoms with E-state index in [2.05, 4.69) is 0 Å². The predicted molar refractivity (Wildman–Crippen MR) is 101 cm³/mol. The first-order chi connectivity index (χ1) is 13.0. The highest BCUT2D eigenvalue weighted by Gasteiger charge is 2.25. The van der Waals surface area contributed by atoms with Crippen molar-refractivity contribution in [2.24, 2.45) is 0 Å². The molecule has 0 aromatic heterocycles. The van der Waals surface area contributed by atoms with Crippen molar-refractivity contribution in [3.8, 4) is 5.75 Å². The molecule has 1 fully saturated rings. The quantitative estimate of drug-likeness (QED) is 0.834. The molecule has 1 saturated heterocycles. The maximum absolute atomic E-state index is 13.9. The fourth-order valence-electron chi connectivity index (χ4n) is 3.26. The van der Waals surface area contributed by atoms with Gasteiger partial charge in [0.15, 0.2) is 0 Å². The molecule has 3 rings (SSSR count). The van der Waals surface area contributed by atoms with Gasteiger partial charge >= 0.3 is 0 Å². The van der Waals surface area contributed by atoms with Crippen molar-refractivity contribution in [1.82, 2.24) is 9.80 Å². The maximum Gasteiger partial charge on any atom is 0.256 e. The van der Waals surface area contributed by atoms with E-state index in [1.165, 1.54) is 12.1 Å². The Hall–Kier alpha value is -2.89. The van der Waals surface area contributed by atoms with Crippen LogP contribution in [0.1, 0.15) is 32.7 Å². The van der Waals surface area contributed by atoms with Crippen LogP contribution in [0.15, 0.2) is 42.5 Å². The fourth-order valence-corrected chi connectivity index (χ4v) is 3.26. The second-order valence-corrected chi connectivity index (χ2v) is 6.60. The molecule has 2 aromatic rings. The number of methoxy groups -OCH3 is 1. The number of amides is 2. The van der Waals surface area contributed by atoms with Crippen molar-refractivity contribution >= 4 is 11.8 Å². The summed E-state index contributed by atoms with van der Waals surface area (Å²) in [6.45, 7) is 3.76. The molecule has 2 aromatic carbocycles. The maximum atomic E-state index is 13.9. The first-order valence-electron chi connectivity index (χ1n) is 8.99. The van der Waals surface area contributed by atoms with E-state index in [0.717, 1.165) is 5.56 Å². The van der Waals surface area contributed by atoms with Crippen LogP contribution in [0.2, 0.25) is 0 Å². The molecule has 0 saturated carbocycles. The number of carbonyl (C=O) groups is 2.